The maximum atomic E-state index is 13.8. The average molecular weight is 670 g/mol. The highest BCUT2D eigenvalue weighted by Crippen LogP contribution is 2.27. The number of hydrogen-bond acceptors (Lipinski definition) is 8. The Morgan fingerprint density at radius 1 is 0.837 bits per heavy atom. The summed E-state index contributed by atoms with van der Waals surface area (Å²) in [7, 11) is 0. The van der Waals surface area contributed by atoms with Gasteiger partial charge in [0.15, 0.2) is 5.92 Å². The fourth-order valence-corrected chi connectivity index (χ4v) is 5.66. The fourth-order valence-electron chi connectivity index (χ4n) is 5.66. The predicted molar refractivity (Wildman–Crippen MR) is 188 cm³/mol. The molecule has 1 amide bonds. The molecule has 1 saturated heterocycles. The minimum Gasteiger partial charge on any atom is -0.480 e. The van der Waals surface area contributed by atoms with E-state index in [0.29, 0.717) is 29.8 Å². The number of rotatable bonds is 12. The number of hydrogen-bond donors (Lipinski definition) is 2. The lowest BCUT2D eigenvalue weighted by molar-refractivity contribution is -0.175. The van der Waals surface area contributed by atoms with Gasteiger partial charge in [-0.25, -0.2) is 4.79 Å². The van der Waals surface area contributed by atoms with Crippen LogP contribution in [0.2, 0.25) is 0 Å². The standard InChI is InChI=1S/C39H47N3O7/c1-38(2,3)48-36(46)29(37(47)49-39(4,5)6)24-31(35(44)45)40-33(27-18-11-8-12-19-27)28-20-13-14-21-30(28)41-34(43)32-22-15-23-42(32)25-26-16-9-7-10-17-26/h7-14,16-21,29,31-32H,15,22-25H2,1-6H3,(H,41,43)(H,44,45)/t31-,32-/m0/s1. The van der Waals surface area contributed by atoms with Gasteiger partial charge in [-0.3, -0.25) is 24.3 Å². The van der Waals surface area contributed by atoms with E-state index in [-0.39, 0.29) is 17.7 Å². The Kier molecular flexibility index (Phi) is 12.1. The number of nitrogens with one attached hydrogen (secondary N) is 1. The SMILES string of the molecule is CC(C)(C)OC(=O)C(C[C@H](N=C(c1ccccc1)c1ccccc1NC(=O)[C@@H]1CCCN1Cc1ccccc1)C(=O)O)C(=O)OC(C)(C)C. The summed E-state index contributed by atoms with van der Waals surface area (Å²) < 4.78 is 11.0. The Bertz CT molecular complexity index is 1610. The average Bonchev–Trinajstić information content (AvgIpc) is 3.49. The number of nitrogens with zero attached hydrogens (tertiary/aromatic N) is 2. The maximum absolute atomic E-state index is 13.8. The van der Waals surface area contributed by atoms with E-state index < -0.39 is 47.5 Å². The van der Waals surface area contributed by atoms with Crippen LogP contribution < -0.4 is 5.32 Å². The van der Waals surface area contributed by atoms with E-state index in [1.807, 2.05) is 36.4 Å². The number of likely N-dealkylation sites (tertiary alicyclic amines) is 1. The lowest BCUT2D eigenvalue weighted by atomic mass is 9.96. The molecule has 4 rings (SSSR count). The first-order valence-corrected chi connectivity index (χ1v) is 16.6. The zero-order valence-corrected chi connectivity index (χ0v) is 29.1. The summed E-state index contributed by atoms with van der Waals surface area (Å²) >= 11 is 0. The van der Waals surface area contributed by atoms with Crippen LogP contribution in [-0.4, -0.2) is 69.4 Å². The third-order valence-electron chi connectivity index (χ3n) is 7.79. The van der Waals surface area contributed by atoms with E-state index in [9.17, 15) is 24.3 Å². The second-order valence-corrected chi connectivity index (χ2v) is 14.2. The first-order valence-electron chi connectivity index (χ1n) is 16.6. The molecule has 3 aromatic carbocycles. The van der Waals surface area contributed by atoms with E-state index in [4.69, 9.17) is 9.47 Å². The van der Waals surface area contributed by atoms with E-state index >= 15 is 0 Å². The lowest BCUT2D eigenvalue weighted by Crippen LogP contribution is -2.40. The highest BCUT2D eigenvalue weighted by molar-refractivity contribution is 6.17. The number of carboxylic acid groups (broad SMARTS) is 1. The third kappa shape index (κ3) is 10.8. The van der Waals surface area contributed by atoms with Gasteiger partial charge in [0.05, 0.1) is 17.4 Å². The molecule has 260 valence electrons. The Hall–Kier alpha value is -4.83. The molecule has 0 unspecified atom stereocenters. The quantitative estimate of drug-likeness (QED) is 0.131. The van der Waals surface area contributed by atoms with Crippen LogP contribution in [0.5, 0.6) is 0 Å². The van der Waals surface area contributed by atoms with Crippen LogP contribution in [-0.2, 0) is 35.2 Å². The summed E-state index contributed by atoms with van der Waals surface area (Å²) in [5, 5.41) is 13.5. The highest BCUT2D eigenvalue weighted by Gasteiger charge is 2.39. The number of ether oxygens (including phenoxy) is 2. The molecule has 2 atom stereocenters. The smallest absolute Gasteiger partial charge is 0.328 e. The van der Waals surface area contributed by atoms with Gasteiger partial charge in [-0.2, -0.15) is 0 Å². The van der Waals surface area contributed by atoms with Crippen LogP contribution in [0.3, 0.4) is 0 Å². The molecule has 0 aliphatic carbocycles. The fraction of sp³-hybridized carbons (Fsp3) is 0.410. The van der Waals surface area contributed by atoms with Crippen molar-refractivity contribution < 1.29 is 33.8 Å². The minimum absolute atomic E-state index is 0.169. The number of benzene rings is 3. The van der Waals surface area contributed by atoms with Gasteiger partial charge in [-0.1, -0.05) is 78.9 Å². The van der Waals surface area contributed by atoms with Crippen LogP contribution in [0.4, 0.5) is 5.69 Å². The molecule has 1 aliphatic heterocycles. The van der Waals surface area contributed by atoms with Crippen LogP contribution in [0.15, 0.2) is 89.9 Å². The van der Waals surface area contributed by atoms with Crippen molar-refractivity contribution in [1.29, 1.82) is 0 Å². The molecule has 1 fully saturated rings. The van der Waals surface area contributed by atoms with Gasteiger partial charge in [-0.15, -0.1) is 0 Å². The van der Waals surface area contributed by atoms with E-state index in [1.165, 1.54) is 0 Å². The van der Waals surface area contributed by atoms with Gasteiger partial charge in [0.1, 0.15) is 17.2 Å². The van der Waals surface area contributed by atoms with Gasteiger partial charge in [-0.05, 0) is 72.6 Å². The van der Waals surface area contributed by atoms with Gasteiger partial charge in [0.25, 0.3) is 0 Å². The molecule has 1 aliphatic rings. The monoisotopic (exact) mass is 669 g/mol. The van der Waals surface area contributed by atoms with Crippen molar-refractivity contribution >= 4 is 35.2 Å². The van der Waals surface area contributed by atoms with Gasteiger partial charge in [0.2, 0.25) is 5.91 Å². The molecular formula is C39H47N3O7. The molecule has 10 heteroatoms. The molecule has 0 spiro atoms. The molecule has 0 radical (unpaired) electrons. The second-order valence-electron chi connectivity index (χ2n) is 14.2. The Morgan fingerprint density at radius 3 is 1.96 bits per heavy atom. The number of esters is 2. The van der Waals surface area contributed by atoms with Crippen molar-refractivity contribution in [2.75, 3.05) is 11.9 Å². The van der Waals surface area contributed by atoms with Crippen LogP contribution in [0.25, 0.3) is 0 Å². The first kappa shape index (κ1) is 37.0. The maximum Gasteiger partial charge on any atom is 0.328 e. The summed E-state index contributed by atoms with van der Waals surface area (Å²) in [5.41, 5.74) is 1.09. The van der Waals surface area contributed by atoms with E-state index in [2.05, 4.69) is 15.2 Å². The van der Waals surface area contributed by atoms with Crippen LogP contribution in [0.1, 0.15) is 77.5 Å². The number of carbonyl (C=O) groups is 4. The zero-order chi connectivity index (χ0) is 35.8. The van der Waals surface area contributed by atoms with Gasteiger partial charge < -0.3 is 19.9 Å². The summed E-state index contributed by atoms with van der Waals surface area (Å²) in [5.74, 6) is -4.84. The van der Waals surface area contributed by atoms with E-state index in [1.54, 1.807) is 90.1 Å². The summed E-state index contributed by atoms with van der Waals surface area (Å²) in [6, 6.07) is 24.2. The largest absolute Gasteiger partial charge is 0.480 e. The molecule has 49 heavy (non-hydrogen) atoms. The second kappa shape index (κ2) is 16.0. The van der Waals surface area contributed by atoms with Crippen molar-refractivity contribution in [2.45, 2.75) is 90.6 Å². The van der Waals surface area contributed by atoms with Crippen LogP contribution in [0, 0.1) is 5.92 Å². The molecular weight excluding hydrogens is 622 g/mol. The molecule has 10 nitrogen and oxygen atoms in total. The summed E-state index contributed by atoms with van der Waals surface area (Å²) in [6.07, 6.45) is 1.10. The van der Waals surface area contributed by atoms with Gasteiger partial charge in [0, 0.05) is 24.1 Å². The molecule has 2 N–H and O–H groups in total. The summed E-state index contributed by atoms with van der Waals surface area (Å²) in [4.78, 5) is 60.0. The number of anilines is 1. The van der Waals surface area contributed by atoms with Crippen molar-refractivity contribution in [3.63, 3.8) is 0 Å². The number of aliphatic carboxylic acids is 1. The molecule has 0 aromatic heterocycles. The van der Waals surface area contributed by atoms with Gasteiger partial charge >= 0.3 is 17.9 Å². The molecule has 0 bridgehead atoms. The number of aliphatic imine (C=N–C) groups is 1. The minimum atomic E-state index is -1.55. The van der Waals surface area contributed by atoms with Crippen molar-refractivity contribution in [3.05, 3.63) is 102 Å². The number of carboxylic acids is 1. The Morgan fingerprint density at radius 2 is 1.39 bits per heavy atom. The number of carbonyl (C=O) groups excluding carboxylic acids is 3. The highest BCUT2D eigenvalue weighted by atomic mass is 16.6. The predicted octanol–water partition coefficient (Wildman–Crippen LogP) is 6.27. The van der Waals surface area contributed by atoms with Crippen molar-refractivity contribution in [3.8, 4) is 0 Å². The molecule has 3 aromatic rings. The molecule has 0 saturated carbocycles. The first-order chi connectivity index (χ1) is 23.1. The third-order valence-corrected chi connectivity index (χ3v) is 7.79. The number of amides is 1. The number of para-hydroxylation sites is 1. The van der Waals surface area contributed by atoms with Crippen molar-refractivity contribution in [2.24, 2.45) is 10.9 Å². The summed E-state index contributed by atoms with van der Waals surface area (Å²) in [6.45, 7) is 11.4. The van der Waals surface area contributed by atoms with Crippen LogP contribution >= 0.6 is 0 Å². The lowest BCUT2D eigenvalue weighted by Gasteiger charge is -2.27. The Balaban J connectivity index is 1.70. The topological polar surface area (TPSA) is 135 Å². The normalized spacial score (nSPS) is 16.2. The molecule has 1 heterocycles. The van der Waals surface area contributed by atoms with Crippen molar-refractivity contribution in [1.82, 2.24) is 4.90 Å². The zero-order valence-electron chi connectivity index (χ0n) is 29.1. The Labute approximate surface area is 288 Å². The van der Waals surface area contributed by atoms with E-state index in [0.717, 1.165) is 18.5 Å².